The van der Waals surface area contributed by atoms with Gasteiger partial charge in [-0.3, -0.25) is 9.55 Å². The SMILES string of the molecule is O=C(O)c1ccc(-n2cnc3cc(F)c(-c4ccncc4)cc32)cc1. The molecular formula is C19H12FN3O2. The molecule has 0 amide bonds. The monoisotopic (exact) mass is 333 g/mol. The van der Waals surface area contributed by atoms with E-state index < -0.39 is 5.97 Å². The maximum atomic E-state index is 14.4. The number of carboxylic acids is 1. The fourth-order valence-corrected chi connectivity index (χ4v) is 2.75. The summed E-state index contributed by atoms with van der Waals surface area (Å²) < 4.78 is 16.2. The quantitative estimate of drug-likeness (QED) is 0.617. The zero-order valence-corrected chi connectivity index (χ0v) is 12.9. The first-order chi connectivity index (χ1) is 12.1. The van der Waals surface area contributed by atoms with Crippen molar-refractivity contribution in [2.45, 2.75) is 0 Å². The predicted octanol–water partition coefficient (Wildman–Crippen LogP) is 3.92. The summed E-state index contributed by atoms with van der Waals surface area (Å²) in [5.74, 6) is -1.34. The molecule has 0 saturated carbocycles. The molecule has 5 nitrogen and oxygen atoms in total. The summed E-state index contributed by atoms with van der Waals surface area (Å²) in [6.45, 7) is 0. The first-order valence-electron chi connectivity index (χ1n) is 7.54. The number of nitrogens with zero attached hydrogens (tertiary/aromatic N) is 3. The Bertz CT molecular complexity index is 1070. The van der Waals surface area contributed by atoms with Crippen molar-refractivity contribution >= 4 is 17.0 Å². The number of fused-ring (bicyclic) bond motifs is 1. The number of hydrogen-bond acceptors (Lipinski definition) is 3. The van der Waals surface area contributed by atoms with Gasteiger partial charge in [-0.2, -0.15) is 0 Å². The van der Waals surface area contributed by atoms with Crippen LogP contribution in [0.2, 0.25) is 0 Å². The van der Waals surface area contributed by atoms with Gasteiger partial charge < -0.3 is 5.11 Å². The molecule has 0 aliphatic carbocycles. The molecule has 2 aromatic carbocycles. The van der Waals surface area contributed by atoms with E-state index in [2.05, 4.69) is 9.97 Å². The molecule has 4 rings (SSSR count). The topological polar surface area (TPSA) is 68.0 Å². The van der Waals surface area contributed by atoms with Crippen LogP contribution < -0.4 is 0 Å². The third kappa shape index (κ3) is 2.63. The second-order valence-corrected chi connectivity index (χ2v) is 5.52. The average molecular weight is 333 g/mol. The van der Waals surface area contributed by atoms with Crippen molar-refractivity contribution in [2.24, 2.45) is 0 Å². The van der Waals surface area contributed by atoms with Crippen LogP contribution in [0.5, 0.6) is 0 Å². The van der Waals surface area contributed by atoms with Crippen LogP contribution in [0.25, 0.3) is 27.8 Å². The molecule has 25 heavy (non-hydrogen) atoms. The zero-order chi connectivity index (χ0) is 17.4. The van der Waals surface area contributed by atoms with Crippen molar-refractivity contribution in [3.8, 4) is 16.8 Å². The maximum Gasteiger partial charge on any atom is 0.335 e. The molecule has 0 fully saturated rings. The van der Waals surface area contributed by atoms with Crippen LogP contribution in [0, 0.1) is 5.82 Å². The predicted molar refractivity (Wildman–Crippen MR) is 91.2 cm³/mol. The molecule has 0 aliphatic heterocycles. The van der Waals surface area contributed by atoms with Crippen molar-refractivity contribution in [1.82, 2.24) is 14.5 Å². The minimum Gasteiger partial charge on any atom is -0.478 e. The summed E-state index contributed by atoms with van der Waals surface area (Å²) in [7, 11) is 0. The van der Waals surface area contributed by atoms with Gasteiger partial charge in [0.25, 0.3) is 0 Å². The summed E-state index contributed by atoms with van der Waals surface area (Å²) >= 11 is 0. The molecule has 0 bridgehead atoms. The molecule has 122 valence electrons. The first kappa shape index (κ1) is 15.0. The van der Waals surface area contributed by atoms with Gasteiger partial charge in [0.1, 0.15) is 12.1 Å². The largest absolute Gasteiger partial charge is 0.478 e. The van der Waals surface area contributed by atoms with Gasteiger partial charge in [-0.05, 0) is 48.0 Å². The van der Waals surface area contributed by atoms with Crippen LogP contribution in [0.15, 0.2) is 67.3 Å². The molecule has 2 heterocycles. The number of carboxylic acid groups (broad SMARTS) is 1. The van der Waals surface area contributed by atoms with Gasteiger partial charge >= 0.3 is 5.97 Å². The van der Waals surface area contributed by atoms with Crippen LogP contribution in [0.3, 0.4) is 0 Å². The Kier molecular flexibility index (Phi) is 3.50. The van der Waals surface area contributed by atoms with Crippen LogP contribution in [0.1, 0.15) is 10.4 Å². The fraction of sp³-hybridized carbons (Fsp3) is 0. The Hall–Kier alpha value is -3.54. The van der Waals surface area contributed by atoms with E-state index in [0.717, 1.165) is 16.8 Å². The highest BCUT2D eigenvalue weighted by molar-refractivity contribution is 5.88. The molecule has 0 radical (unpaired) electrons. The molecule has 4 aromatic rings. The van der Waals surface area contributed by atoms with Crippen molar-refractivity contribution in [3.63, 3.8) is 0 Å². The lowest BCUT2D eigenvalue weighted by molar-refractivity contribution is 0.0697. The minimum absolute atomic E-state index is 0.205. The van der Waals surface area contributed by atoms with E-state index in [0.29, 0.717) is 11.1 Å². The number of benzene rings is 2. The van der Waals surface area contributed by atoms with E-state index >= 15 is 0 Å². The highest BCUT2D eigenvalue weighted by Crippen LogP contribution is 2.28. The van der Waals surface area contributed by atoms with Gasteiger partial charge in [0, 0.05) is 29.7 Å². The Morgan fingerprint density at radius 2 is 1.76 bits per heavy atom. The van der Waals surface area contributed by atoms with Gasteiger partial charge in [0.15, 0.2) is 0 Å². The highest BCUT2D eigenvalue weighted by atomic mass is 19.1. The minimum atomic E-state index is -0.982. The van der Waals surface area contributed by atoms with E-state index in [1.54, 1.807) is 53.6 Å². The zero-order valence-electron chi connectivity index (χ0n) is 12.9. The van der Waals surface area contributed by atoms with Crippen molar-refractivity contribution < 1.29 is 14.3 Å². The summed E-state index contributed by atoms with van der Waals surface area (Å²) in [6.07, 6.45) is 4.82. The first-order valence-corrected chi connectivity index (χ1v) is 7.54. The lowest BCUT2D eigenvalue weighted by Gasteiger charge is -2.07. The van der Waals surface area contributed by atoms with E-state index in [4.69, 9.17) is 5.11 Å². The molecule has 0 saturated heterocycles. The Morgan fingerprint density at radius 3 is 2.44 bits per heavy atom. The maximum absolute atomic E-state index is 14.4. The molecule has 6 heteroatoms. The smallest absolute Gasteiger partial charge is 0.335 e. The number of aromatic carboxylic acids is 1. The molecule has 0 aliphatic rings. The standard InChI is InChI=1S/C19H12FN3O2/c20-16-10-17-18(9-15(16)12-5-7-21-8-6-12)23(11-22-17)14-3-1-13(2-4-14)19(24)25/h1-11H,(H,24,25). The fourth-order valence-electron chi connectivity index (χ4n) is 2.75. The molecular weight excluding hydrogens is 321 g/mol. The molecule has 0 atom stereocenters. The van der Waals surface area contributed by atoms with Crippen molar-refractivity contribution in [2.75, 3.05) is 0 Å². The molecule has 2 aromatic heterocycles. The lowest BCUT2D eigenvalue weighted by atomic mass is 10.1. The van der Waals surface area contributed by atoms with Gasteiger partial charge in [-0.1, -0.05) is 0 Å². The third-order valence-electron chi connectivity index (χ3n) is 4.02. The summed E-state index contributed by atoms with van der Waals surface area (Å²) in [5, 5.41) is 9.01. The van der Waals surface area contributed by atoms with Gasteiger partial charge in [0.05, 0.1) is 16.6 Å². The summed E-state index contributed by atoms with van der Waals surface area (Å²) in [6, 6.07) is 13.1. The van der Waals surface area contributed by atoms with E-state index in [1.165, 1.54) is 18.2 Å². The van der Waals surface area contributed by atoms with Gasteiger partial charge in [-0.25, -0.2) is 14.2 Å². The van der Waals surface area contributed by atoms with E-state index in [-0.39, 0.29) is 11.4 Å². The number of halogens is 1. The van der Waals surface area contributed by atoms with Crippen molar-refractivity contribution in [1.29, 1.82) is 0 Å². The number of imidazole rings is 1. The number of hydrogen-bond donors (Lipinski definition) is 1. The van der Waals surface area contributed by atoms with E-state index in [9.17, 15) is 9.18 Å². The lowest BCUT2D eigenvalue weighted by Crippen LogP contribution is -1.98. The summed E-state index contributed by atoms with van der Waals surface area (Å²) in [4.78, 5) is 19.2. The Labute approximate surface area is 142 Å². The molecule has 1 N–H and O–H groups in total. The van der Waals surface area contributed by atoms with Crippen LogP contribution in [-0.2, 0) is 0 Å². The van der Waals surface area contributed by atoms with Crippen LogP contribution in [-0.4, -0.2) is 25.6 Å². The Balaban J connectivity index is 1.87. The average Bonchev–Trinajstić information content (AvgIpc) is 3.04. The van der Waals surface area contributed by atoms with Crippen molar-refractivity contribution in [3.05, 3.63) is 78.6 Å². The molecule has 0 spiro atoms. The van der Waals surface area contributed by atoms with E-state index in [1.807, 2.05) is 0 Å². The second-order valence-electron chi connectivity index (χ2n) is 5.52. The van der Waals surface area contributed by atoms with Gasteiger partial charge in [0.2, 0.25) is 0 Å². The normalized spacial score (nSPS) is 10.9. The number of rotatable bonds is 3. The van der Waals surface area contributed by atoms with Gasteiger partial charge in [-0.15, -0.1) is 0 Å². The number of aromatic nitrogens is 3. The Morgan fingerprint density at radius 1 is 1.04 bits per heavy atom. The molecule has 0 unspecified atom stereocenters. The summed E-state index contributed by atoms with van der Waals surface area (Å²) in [5.41, 5.74) is 3.40. The highest BCUT2D eigenvalue weighted by Gasteiger charge is 2.12. The van der Waals surface area contributed by atoms with Crippen LogP contribution >= 0.6 is 0 Å². The number of carbonyl (C=O) groups is 1. The second kappa shape index (κ2) is 5.83. The third-order valence-corrected chi connectivity index (χ3v) is 4.02. The number of pyridine rings is 1. The van der Waals surface area contributed by atoms with Crippen LogP contribution in [0.4, 0.5) is 4.39 Å².